The van der Waals surface area contributed by atoms with Crippen LogP contribution in [0.25, 0.3) is 0 Å². The summed E-state index contributed by atoms with van der Waals surface area (Å²) in [6, 6.07) is -0.670. The third kappa shape index (κ3) is 6.44. The molecule has 0 aromatic carbocycles. The number of ether oxygens (including phenoxy) is 1. The largest absolute Gasteiger partial charge is 0.480 e. The van der Waals surface area contributed by atoms with Crippen molar-refractivity contribution < 1.29 is 24.2 Å². The van der Waals surface area contributed by atoms with Crippen LogP contribution in [-0.2, 0) is 19.1 Å². The number of carboxylic acid groups (broad SMARTS) is 1. The predicted molar refractivity (Wildman–Crippen MR) is 50.1 cm³/mol. The standard InChI is InChI=1S/C8H14N2O5/c1-5(8(14)9-2)10-6(11)3-15-4-7(12)13/h5H,3-4H2,1-2H3,(H,9,14)(H,10,11)(H,12,13). The lowest BCUT2D eigenvalue weighted by molar-refractivity contribution is -0.144. The van der Waals surface area contributed by atoms with Gasteiger partial charge in [-0.15, -0.1) is 0 Å². The molecule has 0 fully saturated rings. The number of nitrogens with one attached hydrogen (secondary N) is 2. The summed E-state index contributed by atoms with van der Waals surface area (Å²) in [5.74, 6) is -2.02. The second kappa shape index (κ2) is 6.77. The van der Waals surface area contributed by atoms with Crippen molar-refractivity contribution in [2.24, 2.45) is 0 Å². The third-order valence-corrected chi connectivity index (χ3v) is 1.48. The van der Waals surface area contributed by atoms with Crippen molar-refractivity contribution in [3.63, 3.8) is 0 Å². The first-order valence-corrected chi connectivity index (χ1v) is 4.28. The highest BCUT2D eigenvalue weighted by Crippen LogP contribution is 1.82. The molecule has 0 aromatic rings. The number of rotatable bonds is 6. The maximum absolute atomic E-state index is 11.0. The zero-order valence-electron chi connectivity index (χ0n) is 8.57. The lowest BCUT2D eigenvalue weighted by atomic mass is 10.3. The van der Waals surface area contributed by atoms with Crippen LogP contribution in [0.3, 0.4) is 0 Å². The van der Waals surface area contributed by atoms with Crippen LogP contribution in [-0.4, -0.2) is 49.2 Å². The summed E-state index contributed by atoms with van der Waals surface area (Å²) in [6.45, 7) is 0.587. The summed E-state index contributed by atoms with van der Waals surface area (Å²) >= 11 is 0. The fourth-order valence-corrected chi connectivity index (χ4v) is 0.796. The molecule has 0 aliphatic rings. The van der Waals surface area contributed by atoms with E-state index in [2.05, 4.69) is 15.4 Å². The monoisotopic (exact) mass is 218 g/mol. The molecular weight excluding hydrogens is 204 g/mol. The molecule has 0 heterocycles. The van der Waals surface area contributed by atoms with Crippen molar-refractivity contribution in [1.82, 2.24) is 10.6 Å². The summed E-state index contributed by atoms with van der Waals surface area (Å²) < 4.78 is 4.53. The molecule has 0 radical (unpaired) electrons. The lowest BCUT2D eigenvalue weighted by Gasteiger charge is -2.11. The van der Waals surface area contributed by atoms with Crippen molar-refractivity contribution in [2.45, 2.75) is 13.0 Å². The van der Waals surface area contributed by atoms with Crippen LogP contribution in [0.5, 0.6) is 0 Å². The number of hydrogen-bond acceptors (Lipinski definition) is 4. The van der Waals surface area contributed by atoms with Gasteiger partial charge in [-0.3, -0.25) is 9.59 Å². The van der Waals surface area contributed by atoms with E-state index in [4.69, 9.17) is 5.11 Å². The highest BCUT2D eigenvalue weighted by Gasteiger charge is 2.13. The van der Waals surface area contributed by atoms with Gasteiger partial charge in [0, 0.05) is 7.05 Å². The molecule has 0 aliphatic heterocycles. The van der Waals surface area contributed by atoms with Gasteiger partial charge in [-0.2, -0.15) is 0 Å². The first-order valence-electron chi connectivity index (χ1n) is 4.28. The first-order chi connectivity index (χ1) is 6.97. The van der Waals surface area contributed by atoms with Gasteiger partial charge in [-0.05, 0) is 6.92 Å². The highest BCUT2D eigenvalue weighted by atomic mass is 16.5. The summed E-state index contributed by atoms with van der Waals surface area (Å²) in [4.78, 5) is 32.1. The molecule has 0 spiro atoms. The average Bonchev–Trinajstić information content (AvgIpc) is 2.15. The Hall–Kier alpha value is -1.63. The van der Waals surface area contributed by atoms with Crippen LogP contribution in [0, 0.1) is 0 Å². The van der Waals surface area contributed by atoms with Gasteiger partial charge in [0.1, 0.15) is 19.3 Å². The zero-order valence-corrected chi connectivity index (χ0v) is 8.57. The van der Waals surface area contributed by atoms with E-state index in [9.17, 15) is 14.4 Å². The molecule has 0 rings (SSSR count). The molecule has 0 bridgehead atoms. The van der Waals surface area contributed by atoms with Gasteiger partial charge >= 0.3 is 5.97 Å². The predicted octanol–water partition coefficient (Wildman–Crippen LogP) is -1.66. The maximum atomic E-state index is 11.0. The number of amides is 2. The molecule has 7 heteroatoms. The molecule has 1 atom stereocenters. The summed E-state index contributed by atoms with van der Waals surface area (Å²) in [5, 5.41) is 12.9. The maximum Gasteiger partial charge on any atom is 0.329 e. The number of carbonyl (C=O) groups excluding carboxylic acids is 2. The fourth-order valence-electron chi connectivity index (χ4n) is 0.796. The summed E-state index contributed by atoms with van der Waals surface area (Å²) in [5.41, 5.74) is 0. The van der Waals surface area contributed by atoms with Gasteiger partial charge in [-0.1, -0.05) is 0 Å². The molecule has 86 valence electrons. The fraction of sp³-hybridized carbons (Fsp3) is 0.625. The van der Waals surface area contributed by atoms with E-state index >= 15 is 0 Å². The van der Waals surface area contributed by atoms with Crippen molar-refractivity contribution in [2.75, 3.05) is 20.3 Å². The van der Waals surface area contributed by atoms with Gasteiger partial charge in [-0.25, -0.2) is 4.79 Å². The third-order valence-electron chi connectivity index (χ3n) is 1.48. The summed E-state index contributed by atoms with van der Waals surface area (Å²) in [7, 11) is 1.45. The molecule has 3 N–H and O–H groups in total. The Balaban J connectivity index is 3.74. The van der Waals surface area contributed by atoms with Crippen molar-refractivity contribution in [3.8, 4) is 0 Å². The van der Waals surface area contributed by atoms with Crippen LogP contribution in [0.4, 0.5) is 0 Å². The van der Waals surface area contributed by atoms with Crippen LogP contribution in [0.2, 0.25) is 0 Å². The first kappa shape index (κ1) is 13.4. The highest BCUT2D eigenvalue weighted by molar-refractivity contribution is 5.87. The Kier molecular flexibility index (Phi) is 6.03. The number of carboxylic acids is 1. The molecule has 1 unspecified atom stereocenters. The number of likely N-dealkylation sites (N-methyl/N-ethyl adjacent to an activating group) is 1. The number of hydrogen-bond donors (Lipinski definition) is 3. The molecule has 0 aromatic heterocycles. The van der Waals surface area contributed by atoms with Gasteiger partial charge in [0.25, 0.3) is 0 Å². The second-order valence-electron chi connectivity index (χ2n) is 2.79. The molecule has 0 saturated heterocycles. The van der Waals surface area contributed by atoms with E-state index in [1.54, 1.807) is 0 Å². The van der Waals surface area contributed by atoms with Gasteiger partial charge in [0.2, 0.25) is 11.8 Å². The van der Waals surface area contributed by atoms with Crippen LogP contribution >= 0.6 is 0 Å². The molecular formula is C8H14N2O5. The van der Waals surface area contributed by atoms with Crippen LogP contribution in [0.1, 0.15) is 6.92 Å². The Labute approximate surface area is 86.8 Å². The number of aliphatic carboxylic acids is 1. The Morgan fingerprint density at radius 2 is 1.93 bits per heavy atom. The average molecular weight is 218 g/mol. The molecule has 0 saturated carbocycles. The van der Waals surface area contributed by atoms with Gasteiger partial charge < -0.3 is 20.5 Å². The molecule has 7 nitrogen and oxygen atoms in total. The van der Waals surface area contributed by atoms with Crippen LogP contribution in [0.15, 0.2) is 0 Å². The zero-order chi connectivity index (χ0) is 11.8. The second-order valence-corrected chi connectivity index (χ2v) is 2.79. The number of carbonyl (C=O) groups is 3. The van der Waals surface area contributed by atoms with E-state index in [0.717, 1.165) is 0 Å². The minimum atomic E-state index is -1.15. The molecule has 2 amide bonds. The molecule has 0 aliphatic carbocycles. The van der Waals surface area contributed by atoms with E-state index in [1.807, 2.05) is 0 Å². The Morgan fingerprint density at radius 1 is 1.33 bits per heavy atom. The normalized spacial score (nSPS) is 11.6. The lowest BCUT2D eigenvalue weighted by Crippen LogP contribution is -2.44. The minimum absolute atomic E-state index is 0.332. The Morgan fingerprint density at radius 3 is 2.40 bits per heavy atom. The minimum Gasteiger partial charge on any atom is -0.480 e. The molecule has 15 heavy (non-hydrogen) atoms. The van der Waals surface area contributed by atoms with Crippen molar-refractivity contribution in [3.05, 3.63) is 0 Å². The van der Waals surface area contributed by atoms with Gasteiger partial charge in [0.05, 0.1) is 0 Å². The quantitative estimate of drug-likeness (QED) is 0.495. The van der Waals surface area contributed by atoms with Crippen molar-refractivity contribution >= 4 is 17.8 Å². The topological polar surface area (TPSA) is 105 Å². The Bertz CT molecular complexity index is 253. The van der Waals surface area contributed by atoms with E-state index < -0.39 is 24.5 Å². The smallest absolute Gasteiger partial charge is 0.329 e. The van der Waals surface area contributed by atoms with E-state index in [-0.39, 0.29) is 12.5 Å². The van der Waals surface area contributed by atoms with Crippen molar-refractivity contribution in [1.29, 1.82) is 0 Å². The summed E-state index contributed by atoms with van der Waals surface area (Å²) in [6.07, 6.45) is 0. The SMILES string of the molecule is CNC(=O)C(C)NC(=O)COCC(=O)O. The van der Waals surface area contributed by atoms with E-state index in [1.165, 1.54) is 14.0 Å². The van der Waals surface area contributed by atoms with Crippen LogP contribution < -0.4 is 10.6 Å². The van der Waals surface area contributed by atoms with E-state index in [0.29, 0.717) is 0 Å². The van der Waals surface area contributed by atoms with Gasteiger partial charge in [0.15, 0.2) is 0 Å².